The molecule has 2 aromatic rings. The number of amides is 2. The maximum absolute atomic E-state index is 13.4. The maximum Gasteiger partial charge on any atom is 0.409 e. The fourth-order valence-corrected chi connectivity index (χ4v) is 4.86. The molecule has 0 radical (unpaired) electrons. The number of sulfonamides is 1. The molecule has 1 heterocycles. The molecule has 0 saturated carbocycles. The van der Waals surface area contributed by atoms with Crippen molar-refractivity contribution in [2.45, 2.75) is 25.3 Å². The van der Waals surface area contributed by atoms with Gasteiger partial charge < -0.3 is 14.5 Å². The number of aryl methyl sites for hydroxylation is 1. The second-order valence-electron chi connectivity index (χ2n) is 7.78. The highest BCUT2D eigenvalue weighted by Gasteiger charge is 2.31. The molecule has 2 aromatic carbocycles. The highest BCUT2D eigenvalue weighted by Crippen LogP contribution is 2.20. The van der Waals surface area contributed by atoms with Gasteiger partial charge in [-0.15, -0.1) is 0 Å². The Hall–Kier alpha value is -2.98. The largest absolute Gasteiger partial charge is 0.450 e. The smallest absolute Gasteiger partial charge is 0.409 e. The van der Waals surface area contributed by atoms with Gasteiger partial charge in [0.15, 0.2) is 0 Å². The normalized spacial score (nSPS) is 14.4. The van der Waals surface area contributed by atoms with Gasteiger partial charge in [0.1, 0.15) is 5.82 Å². The average Bonchev–Trinajstić information content (AvgIpc) is 2.80. The summed E-state index contributed by atoms with van der Waals surface area (Å²) in [5.41, 5.74) is 1.47. The van der Waals surface area contributed by atoms with Gasteiger partial charge in [0.25, 0.3) is 0 Å². The molecule has 2 amide bonds. The summed E-state index contributed by atoms with van der Waals surface area (Å²) in [6.07, 6.45) is -0.426. The van der Waals surface area contributed by atoms with Crippen LogP contribution in [0.3, 0.4) is 0 Å². The summed E-state index contributed by atoms with van der Waals surface area (Å²) in [6, 6.07) is 11.9. The van der Waals surface area contributed by atoms with E-state index in [2.05, 4.69) is 0 Å². The predicted octanol–water partition coefficient (Wildman–Crippen LogP) is 2.63. The maximum atomic E-state index is 13.4. The molecule has 1 aliphatic heterocycles. The molecule has 1 aliphatic rings. The van der Waals surface area contributed by atoms with E-state index in [1.165, 1.54) is 46.2 Å². The summed E-state index contributed by atoms with van der Waals surface area (Å²) in [7, 11) is -3.98. The first-order chi connectivity index (χ1) is 15.7. The number of benzene rings is 2. The van der Waals surface area contributed by atoms with E-state index in [1.807, 2.05) is 6.92 Å². The van der Waals surface area contributed by atoms with Crippen LogP contribution in [0.2, 0.25) is 0 Å². The van der Waals surface area contributed by atoms with Gasteiger partial charge in [0.05, 0.1) is 18.0 Å². The number of ether oxygens (including phenoxy) is 1. The molecular weight excluding hydrogens is 449 g/mol. The Kier molecular flexibility index (Phi) is 8.04. The van der Waals surface area contributed by atoms with E-state index in [9.17, 15) is 22.4 Å². The van der Waals surface area contributed by atoms with Crippen LogP contribution in [0.25, 0.3) is 0 Å². The number of piperazine rings is 1. The molecule has 0 N–H and O–H groups in total. The first-order valence-corrected chi connectivity index (χ1v) is 12.2. The average molecular weight is 478 g/mol. The van der Waals surface area contributed by atoms with Crippen molar-refractivity contribution in [2.75, 3.05) is 39.3 Å². The summed E-state index contributed by atoms with van der Waals surface area (Å²) in [5.74, 6) is -0.793. The predicted molar refractivity (Wildman–Crippen MR) is 120 cm³/mol. The number of nitrogens with zero attached hydrogens (tertiary/aromatic N) is 3. The van der Waals surface area contributed by atoms with Gasteiger partial charge in [-0.1, -0.05) is 29.8 Å². The van der Waals surface area contributed by atoms with Gasteiger partial charge in [0, 0.05) is 32.7 Å². The molecule has 0 aromatic heterocycles. The van der Waals surface area contributed by atoms with E-state index in [0.29, 0.717) is 18.7 Å². The van der Waals surface area contributed by atoms with Crippen molar-refractivity contribution in [2.24, 2.45) is 0 Å². The van der Waals surface area contributed by atoms with Gasteiger partial charge in [-0.2, -0.15) is 4.31 Å². The van der Waals surface area contributed by atoms with Crippen molar-refractivity contribution in [1.82, 2.24) is 14.1 Å². The van der Waals surface area contributed by atoms with E-state index >= 15 is 0 Å². The summed E-state index contributed by atoms with van der Waals surface area (Å²) in [4.78, 5) is 28.0. The molecular formula is C23H28FN3O5S. The lowest BCUT2D eigenvalue weighted by Crippen LogP contribution is -2.53. The molecule has 178 valence electrons. The molecule has 1 fully saturated rings. The minimum absolute atomic E-state index is 0.0784. The molecule has 0 atom stereocenters. The topological polar surface area (TPSA) is 87.2 Å². The molecule has 1 saturated heterocycles. The highest BCUT2D eigenvalue weighted by molar-refractivity contribution is 7.89. The molecule has 0 bridgehead atoms. The second-order valence-corrected chi connectivity index (χ2v) is 9.72. The van der Waals surface area contributed by atoms with Crippen LogP contribution in [0.5, 0.6) is 0 Å². The third kappa shape index (κ3) is 6.29. The summed E-state index contributed by atoms with van der Waals surface area (Å²) in [6.45, 7) is 4.60. The third-order valence-corrected chi connectivity index (χ3v) is 7.21. The van der Waals surface area contributed by atoms with Gasteiger partial charge >= 0.3 is 6.09 Å². The zero-order chi connectivity index (χ0) is 24.0. The first-order valence-electron chi connectivity index (χ1n) is 10.7. The monoisotopic (exact) mass is 477 g/mol. The standard InChI is InChI=1S/C23H28FN3O5S/c1-3-32-23(29)26-14-12-25(13-15-26)22(28)17-27(16-19-6-8-20(24)9-7-19)33(30,31)21-10-4-18(2)5-11-21/h4-11H,3,12-17H2,1-2H3. The molecule has 0 spiro atoms. The van der Waals surface area contributed by atoms with Crippen molar-refractivity contribution in [1.29, 1.82) is 0 Å². The van der Waals surface area contributed by atoms with Crippen LogP contribution in [-0.2, 0) is 26.1 Å². The third-order valence-electron chi connectivity index (χ3n) is 5.40. The van der Waals surface area contributed by atoms with Crippen molar-refractivity contribution < 1.29 is 27.1 Å². The van der Waals surface area contributed by atoms with E-state index in [1.54, 1.807) is 19.1 Å². The molecule has 10 heteroatoms. The Bertz CT molecular complexity index is 1070. The number of hydrogen-bond donors (Lipinski definition) is 0. The fourth-order valence-electron chi connectivity index (χ4n) is 3.48. The van der Waals surface area contributed by atoms with Gasteiger partial charge in [-0.05, 0) is 43.7 Å². The second kappa shape index (κ2) is 10.8. The van der Waals surface area contributed by atoms with Crippen LogP contribution < -0.4 is 0 Å². The summed E-state index contributed by atoms with van der Waals surface area (Å²) in [5, 5.41) is 0. The quantitative estimate of drug-likeness (QED) is 0.612. The van der Waals surface area contributed by atoms with Crippen LogP contribution in [0.4, 0.5) is 9.18 Å². The lowest BCUT2D eigenvalue weighted by Gasteiger charge is -2.35. The number of rotatable bonds is 7. The molecule has 0 unspecified atom stereocenters. The van der Waals surface area contributed by atoms with Crippen molar-refractivity contribution in [3.63, 3.8) is 0 Å². The Morgan fingerprint density at radius 2 is 1.55 bits per heavy atom. The lowest BCUT2D eigenvalue weighted by atomic mass is 10.2. The fraction of sp³-hybridized carbons (Fsp3) is 0.391. The van der Waals surface area contributed by atoms with Gasteiger partial charge in [0.2, 0.25) is 15.9 Å². The number of carbonyl (C=O) groups is 2. The van der Waals surface area contributed by atoms with Crippen LogP contribution in [0.15, 0.2) is 53.4 Å². The van der Waals surface area contributed by atoms with Gasteiger partial charge in [-0.25, -0.2) is 17.6 Å². The van der Waals surface area contributed by atoms with Crippen LogP contribution in [0, 0.1) is 12.7 Å². The SMILES string of the molecule is CCOC(=O)N1CCN(C(=O)CN(Cc2ccc(F)cc2)S(=O)(=O)c2ccc(C)cc2)CC1. The van der Waals surface area contributed by atoms with E-state index in [0.717, 1.165) is 9.87 Å². The van der Waals surface area contributed by atoms with Crippen molar-refractivity contribution in [3.8, 4) is 0 Å². The van der Waals surface area contributed by atoms with E-state index in [-0.39, 0.29) is 43.6 Å². The minimum atomic E-state index is -3.98. The van der Waals surface area contributed by atoms with Crippen molar-refractivity contribution >= 4 is 22.0 Å². The van der Waals surface area contributed by atoms with Gasteiger partial charge in [-0.3, -0.25) is 4.79 Å². The Balaban J connectivity index is 1.76. The van der Waals surface area contributed by atoms with Crippen LogP contribution >= 0.6 is 0 Å². The summed E-state index contributed by atoms with van der Waals surface area (Å²) >= 11 is 0. The molecule has 3 rings (SSSR count). The zero-order valence-electron chi connectivity index (χ0n) is 18.7. The Morgan fingerprint density at radius 1 is 0.970 bits per heavy atom. The summed E-state index contributed by atoms with van der Waals surface area (Å²) < 4.78 is 46.1. The Morgan fingerprint density at radius 3 is 2.12 bits per heavy atom. The Labute approximate surface area is 193 Å². The zero-order valence-corrected chi connectivity index (χ0v) is 19.6. The number of hydrogen-bond acceptors (Lipinski definition) is 5. The lowest BCUT2D eigenvalue weighted by molar-refractivity contribution is -0.133. The van der Waals surface area contributed by atoms with Crippen molar-refractivity contribution in [3.05, 3.63) is 65.5 Å². The van der Waals surface area contributed by atoms with E-state index in [4.69, 9.17) is 4.74 Å². The number of halogens is 1. The molecule has 8 nitrogen and oxygen atoms in total. The molecule has 0 aliphatic carbocycles. The highest BCUT2D eigenvalue weighted by atomic mass is 32.2. The van der Waals surface area contributed by atoms with Crippen LogP contribution in [0.1, 0.15) is 18.1 Å². The number of carbonyl (C=O) groups excluding carboxylic acids is 2. The first kappa shape index (κ1) is 24.7. The molecule has 33 heavy (non-hydrogen) atoms. The minimum Gasteiger partial charge on any atom is -0.450 e. The van der Waals surface area contributed by atoms with E-state index < -0.39 is 21.9 Å². The van der Waals surface area contributed by atoms with Crippen LogP contribution in [-0.4, -0.2) is 73.9 Å².